The Morgan fingerprint density at radius 1 is 1.16 bits per heavy atom. The van der Waals surface area contributed by atoms with Gasteiger partial charge in [0, 0.05) is 24.1 Å². The van der Waals surface area contributed by atoms with E-state index in [1.165, 1.54) is 0 Å². The van der Waals surface area contributed by atoms with Crippen LogP contribution in [0.2, 0.25) is 0 Å². The lowest BCUT2D eigenvalue weighted by molar-refractivity contribution is 0.0979. The van der Waals surface area contributed by atoms with E-state index in [2.05, 4.69) is 19.2 Å². The minimum Gasteiger partial charge on any atom is -0.497 e. The van der Waals surface area contributed by atoms with Gasteiger partial charge in [-0.2, -0.15) is 0 Å². The molecule has 0 heterocycles. The van der Waals surface area contributed by atoms with Crippen molar-refractivity contribution in [2.75, 3.05) is 20.8 Å². The van der Waals surface area contributed by atoms with Crippen LogP contribution in [0, 0.1) is 0 Å². The van der Waals surface area contributed by atoms with E-state index in [0.29, 0.717) is 29.5 Å². The first-order valence-corrected chi connectivity index (χ1v) is 6.56. The Bertz CT molecular complexity index is 394. The van der Waals surface area contributed by atoms with Crippen molar-refractivity contribution in [3.05, 3.63) is 23.8 Å². The van der Waals surface area contributed by atoms with Crippen LogP contribution in [0.4, 0.5) is 0 Å². The monoisotopic (exact) mass is 265 g/mol. The molecular formula is C15H23NO3. The van der Waals surface area contributed by atoms with Crippen LogP contribution < -0.4 is 14.8 Å². The third kappa shape index (κ3) is 5.30. The second-order valence-corrected chi connectivity index (χ2v) is 4.74. The number of rotatable bonds is 8. The van der Waals surface area contributed by atoms with Crippen molar-refractivity contribution < 1.29 is 14.3 Å². The molecule has 0 spiro atoms. The minimum atomic E-state index is 0.114. The normalized spacial score (nSPS) is 10.6. The van der Waals surface area contributed by atoms with Crippen molar-refractivity contribution in [1.29, 1.82) is 0 Å². The quantitative estimate of drug-likeness (QED) is 0.580. The summed E-state index contributed by atoms with van der Waals surface area (Å²) in [5.74, 6) is 1.40. The lowest BCUT2D eigenvalue weighted by Crippen LogP contribution is -2.24. The van der Waals surface area contributed by atoms with Gasteiger partial charge in [-0.15, -0.1) is 0 Å². The van der Waals surface area contributed by atoms with Gasteiger partial charge in [-0.25, -0.2) is 0 Å². The average molecular weight is 265 g/mol. The van der Waals surface area contributed by atoms with E-state index in [4.69, 9.17) is 9.47 Å². The summed E-state index contributed by atoms with van der Waals surface area (Å²) < 4.78 is 10.3. The largest absolute Gasteiger partial charge is 0.497 e. The van der Waals surface area contributed by atoms with Gasteiger partial charge in [0.2, 0.25) is 0 Å². The number of carbonyl (C=O) groups excluding carboxylic acids is 1. The summed E-state index contributed by atoms with van der Waals surface area (Å²) >= 11 is 0. The lowest BCUT2D eigenvalue weighted by atomic mass is 10.1. The Morgan fingerprint density at radius 3 is 2.21 bits per heavy atom. The first-order chi connectivity index (χ1) is 9.06. The zero-order chi connectivity index (χ0) is 14.3. The van der Waals surface area contributed by atoms with E-state index < -0.39 is 0 Å². The van der Waals surface area contributed by atoms with Crippen LogP contribution in [0.3, 0.4) is 0 Å². The van der Waals surface area contributed by atoms with Crippen LogP contribution in [0.15, 0.2) is 18.2 Å². The molecule has 0 saturated heterocycles. The predicted molar refractivity (Wildman–Crippen MR) is 76.2 cm³/mol. The van der Waals surface area contributed by atoms with Gasteiger partial charge >= 0.3 is 0 Å². The average Bonchev–Trinajstić information content (AvgIpc) is 2.42. The molecule has 4 heteroatoms. The molecule has 0 aliphatic heterocycles. The molecule has 1 N–H and O–H groups in total. The summed E-state index contributed by atoms with van der Waals surface area (Å²) in [4.78, 5) is 12.1. The number of Topliss-reactive ketones (excluding diaryl/α,β-unsaturated/α-hetero) is 1. The van der Waals surface area contributed by atoms with Crippen LogP contribution in [0.5, 0.6) is 11.5 Å². The molecule has 0 fully saturated rings. The van der Waals surface area contributed by atoms with E-state index in [1.54, 1.807) is 32.4 Å². The molecule has 1 aromatic carbocycles. The number of methoxy groups -OCH3 is 2. The molecule has 0 unspecified atom stereocenters. The third-order valence-electron chi connectivity index (χ3n) is 2.81. The molecule has 19 heavy (non-hydrogen) atoms. The molecule has 0 aliphatic carbocycles. The Kier molecular flexibility index (Phi) is 6.36. The van der Waals surface area contributed by atoms with Gasteiger partial charge in [-0.05, 0) is 25.1 Å². The number of nitrogens with one attached hydrogen (secondary N) is 1. The van der Waals surface area contributed by atoms with Crippen molar-refractivity contribution in [1.82, 2.24) is 5.32 Å². The summed E-state index contributed by atoms with van der Waals surface area (Å²) in [6, 6.07) is 5.71. The Morgan fingerprint density at radius 2 is 1.74 bits per heavy atom. The third-order valence-corrected chi connectivity index (χ3v) is 2.81. The van der Waals surface area contributed by atoms with E-state index in [0.717, 1.165) is 13.0 Å². The summed E-state index contributed by atoms with van der Waals surface area (Å²) in [7, 11) is 3.16. The Labute approximate surface area is 115 Å². The second-order valence-electron chi connectivity index (χ2n) is 4.74. The summed E-state index contributed by atoms with van der Waals surface area (Å²) in [6.45, 7) is 5.04. The van der Waals surface area contributed by atoms with Crippen LogP contribution >= 0.6 is 0 Å². The van der Waals surface area contributed by atoms with Gasteiger partial charge in [0.25, 0.3) is 0 Å². The molecule has 0 bridgehead atoms. The zero-order valence-corrected chi connectivity index (χ0v) is 12.2. The molecule has 0 atom stereocenters. The fourth-order valence-electron chi connectivity index (χ4n) is 1.75. The lowest BCUT2D eigenvalue weighted by Gasteiger charge is -2.09. The topological polar surface area (TPSA) is 47.6 Å². The van der Waals surface area contributed by atoms with Gasteiger partial charge in [0.05, 0.1) is 14.2 Å². The second kappa shape index (κ2) is 7.79. The van der Waals surface area contributed by atoms with Gasteiger partial charge < -0.3 is 14.8 Å². The molecule has 0 aliphatic rings. The maximum atomic E-state index is 12.1. The van der Waals surface area contributed by atoms with Crippen LogP contribution in [0.1, 0.15) is 37.0 Å². The SMILES string of the molecule is COc1cc(OC)cc(C(=O)CCCNC(C)C)c1. The first-order valence-electron chi connectivity index (χ1n) is 6.56. The molecule has 0 radical (unpaired) electrons. The molecule has 106 valence electrons. The van der Waals surface area contributed by atoms with Crippen molar-refractivity contribution >= 4 is 5.78 Å². The number of carbonyl (C=O) groups is 1. The zero-order valence-electron chi connectivity index (χ0n) is 12.2. The fraction of sp³-hybridized carbons (Fsp3) is 0.533. The molecule has 1 rings (SSSR count). The maximum Gasteiger partial charge on any atom is 0.163 e. The van der Waals surface area contributed by atoms with Crippen LogP contribution in [0.25, 0.3) is 0 Å². The predicted octanol–water partition coefficient (Wildman–Crippen LogP) is 2.66. The van der Waals surface area contributed by atoms with Crippen LogP contribution in [-0.4, -0.2) is 32.6 Å². The molecular weight excluding hydrogens is 242 g/mol. The highest BCUT2D eigenvalue weighted by Gasteiger charge is 2.09. The maximum absolute atomic E-state index is 12.1. The Hall–Kier alpha value is -1.55. The summed E-state index contributed by atoms with van der Waals surface area (Å²) in [5.41, 5.74) is 0.640. The van der Waals surface area contributed by atoms with E-state index in [9.17, 15) is 4.79 Å². The number of ketones is 1. The smallest absolute Gasteiger partial charge is 0.163 e. The molecule has 4 nitrogen and oxygen atoms in total. The number of ether oxygens (including phenoxy) is 2. The highest BCUT2D eigenvalue weighted by atomic mass is 16.5. The van der Waals surface area contributed by atoms with Gasteiger partial charge in [-0.3, -0.25) is 4.79 Å². The highest BCUT2D eigenvalue weighted by Crippen LogP contribution is 2.23. The molecule has 0 amide bonds. The van der Waals surface area contributed by atoms with Crippen molar-refractivity contribution in [2.45, 2.75) is 32.7 Å². The van der Waals surface area contributed by atoms with E-state index >= 15 is 0 Å². The molecule has 0 aromatic heterocycles. The molecule has 1 aromatic rings. The van der Waals surface area contributed by atoms with Crippen LogP contribution in [-0.2, 0) is 0 Å². The summed E-state index contributed by atoms with van der Waals surface area (Å²) in [5, 5.41) is 3.30. The van der Waals surface area contributed by atoms with Crippen molar-refractivity contribution in [3.8, 4) is 11.5 Å². The summed E-state index contributed by atoms with van der Waals surface area (Å²) in [6.07, 6.45) is 1.35. The van der Waals surface area contributed by atoms with Crippen molar-refractivity contribution in [2.24, 2.45) is 0 Å². The van der Waals surface area contributed by atoms with Crippen molar-refractivity contribution in [3.63, 3.8) is 0 Å². The molecule has 0 saturated carbocycles. The number of hydrogen-bond donors (Lipinski definition) is 1. The highest BCUT2D eigenvalue weighted by molar-refractivity contribution is 5.96. The standard InChI is InChI=1S/C15H23NO3/c1-11(2)16-7-5-6-15(17)12-8-13(18-3)10-14(9-12)19-4/h8-11,16H,5-7H2,1-4H3. The van der Waals surface area contributed by atoms with Gasteiger partial charge in [0.1, 0.15) is 11.5 Å². The number of benzene rings is 1. The Balaban J connectivity index is 2.60. The minimum absolute atomic E-state index is 0.114. The van der Waals surface area contributed by atoms with E-state index in [1.807, 2.05) is 0 Å². The fourth-order valence-corrected chi connectivity index (χ4v) is 1.75. The van der Waals surface area contributed by atoms with E-state index in [-0.39, 0.29) is 5.78 Å². The number of hydrogen-bond acceptors (Lipinski definition) is 4. The van der Waals surface area contributed by atoms with Gasteiger partial charge in [0.15, 0.2) is 5.78 Å². The first kappa shape index (κ1) is 15.5. The van der Waals surface area contributed by atoms with Gasteiger partial charge in [-0.1, -0.05) is 13.8 Å².